The van der Waals surface area contributed by atoms with Crippen LogP contribution in [0.15, 0.2) is 36.5 Å². The number of rotatable bonds is 6. The second kappa shape index (κ2) is 7.72. The highest BCUT2D eigenvalue weighted by atomic mass is 16.5. The Bertz CT molecular complexity index is 722. The highest BCUT2D eigenvalue weighted by molar-refractivity contribution is 5.42. The Hall–Kier alpha value is -2.31. The Morgan fingerprint density at radius 1 is 1.16 bits per heavy atom. The third-order valence-electron chi connectivity index (χ3n) is 4.58. The van der Waals surface area contributed by atoms with E-state index < -0.39 is 0 Å². The van der Waals surface area contributed by atoms with Gasteiger partial charge >= 0.3 is 0 Å². The molecule has 134 valence electrons. The number of β-amino-alcohol motifs (C(OH)–C–C–N with tert-alkyl or cyclic N) is 1. The first kappa shape index (κ1) is 17.5. The van der Waals surface area contributed by atoms with Crippen molar-refractivity contribution in [2.75, 3.05) is 27.9 Å². The number of likely N-dealkylation sites (tertiary alicyclic amines) is 1. The van der Waals surface area contributed by atoms with Crippen molar-refractivity contribution in [1.82, 2.24) is 9.88 Å². The van der Waals surface area contributed by atoms with E-state index in [0.29, 0.717) is 31.0 Å². The standard InChI is InChI=1S/C19H24N2O4/c1-23-15-6-4-5-13(9-15)17-10-14(22)11-21(17)12-16-19(25-3)18(24-2)7-8-20-16/h4-9,14,17,22H,10-12H2,1-3H3/t14-,17+/m1/s1. The largest absolute Gasteiger partial charge is 0.497 e. The zero-order chi connectivity index (χ0) is 17.8. The number of ether oxygens (including phenoxy) is 3. The molecule has 0 unspecified atom stereocenters. The van der Waals surface area contributed by atoms with E-state index in [0.717, 1.165) is 17.0 Å². The summed E-state index contributed by atoms with van der Waals surface area (Å²) in [5, 5.41) is 10.2. The predicted octanol–water partition coefficient (Wildman–Crippen LogP) is 2.42. The Labute approximate surface area is 148 Å². The molecule has 1 aromatic carbocycles. The fourth-order valence-corrected chi connectivity index (χ4v) is 3.41. The third-order valence-corrected chi connectivity index (χ3v) is 4.58. The van der Waals surface area contributed by atoms with Crippen molar-refractivity contribution < 1.29 is 19.3 Å². The van der Waals surface area contributed by atoms with Crippen LogP contribution in [0.1, 0.15) is 23.7 Å². The van der Waals surface area contributed by atoms with E-state index in [1.54, 1.807) is 33.6 Å². The molecule has 2 atom stereocenters. The highest BCUT2D eigenvalue weighted by Crippen LogP contribution is 2.37. The number of hydrogen-bond acceptors (Lipinski definition) is 6. The summed E-state index contributed by atoms with van der Waals surface area (Å²) in [6.45, 7) is 1.16. The van der Waals surface area contributed by atoms with Crippen molar-refractivity contribution in [2.45, 2.75) is 25.1 Å². The lowest BCUT2D eigenvalue weighted by atomic mass is 10.0. The lowest BCUT2D eigenvalue weighted by Gasteiger charge is -2.25. The van der Waals surface area contributed by atoms with Gasteiger partial charge in [-0.2, -0.15) is 0 Å². The summed E-state index contributed by atoms with van der Waals surface area (Å²) < 4.78 is 16.2. The molecule has 6 heteroatoms. The summed E-state index contributed by atoms with van der Waals surface area (Å²) in [5.41, 5.74) is 1.92. The average Bonchev–Trinajstić information content (AvgIpc) is 3.01. The van der Waals surface area contributed by atoms with Gasteiger partial charge in [-0.05, 0) is 24.1 Å². The van der Waals surface area contributed by atoms with Gasteiger partial charge in [0, 0.05) is 31.4 Å². The second-order valence-electron chi connectivity index (χ2n) is 6.10. The molecule has 25 heavy (non-hydrogen) atoms. The van der Waals surface area contributed by atoms with Gasteiger partial charge in [-0.1, -0.05) is 12.1 Å². The van der Waals surface area contributed by atoms with Crippen molar-refractivity contribution >= 4 is 0 Å². The average molecular weight is 344 g/mol. The minimum atomic E-state index is -0.368. The molecule has 1 aliphatic heterocycles. The van der Waals surface area contributed by atoms with E-state index in [4.69, 9.17) is 14.2 Å². The Balaban J connectivity index is 1.88. The van der Waals surface area contributed by atoms with Crippen molar-refractivity contribution in [3.63, 3.8) is 0 Å². The van der Waals surface area contributed by atoms with Crippen LogP contribution in [0.25, 0.3) is 0 Å². The van der Waals surface area contributed by atoms with Crippen LogP contribution in [0.3, 0.4) is 0 Å². The molecule has 0 amide bonds. The number of pyridine rings is 1. The molecule has 2 heterocycles. The minimum Gasteiger partial charge on any atom is -0.497 e. The SMILES string of the molecule is COc1cccc([C@@H]2C[C@@H](O)CN2Cc2nccc(OC)c2OC)c1. The molecular weight excluding hydrogens is 320 g/mol. The highest BCUT2D eigenvalue weighted by Gasteiger charge is 2.33. The first-order valence-corrected chi connectivity index (χ1v) is 8.28. The molecule has 3 rings (SSSR count). The molecule has 0 radical (unpaired) electrons. The molecule has 1 saturated heterocycles. The van der Waals surface area contributed by atoms with E-state index in [-0.39, 0.29) is 12.1 Å². The number of nitrogens with zero attached hydrogens (tertiary/aromatic N) is 2. The molecule has 0 aliphatic carbocycles. The predicted molar refractivity (Wildman–Crippen MR) is 94.1 cm³/mol. The van der Waals surface area contributed by atoms with Gasteiger partial charge in [0.2, 0.25) is 0 Å². The Kier molecular flexibility index (Phi) is 5.40. The van der Waals surface area contributed by atoms with E-state index in [2.05, 4.69) is 16.0 Å². The number of aliphatic hydroxyl groups excluding tert-OH is 1. The van der Waals surface area contributed by atoms with Crippen molar-refractivity contribution in [2.24, 2.45) is 0 Å². The van der Waals surface area contributed by atoms with Gasteiger partial charge in [0.05, 0.1) is 27.4 Å². The van der Waals surface area contributed by atoms with Crippen LogP contribution >= 0.6 is 0 Å². The smallest absolute Gasteiger partial charge is 0.183 e. The lowest BCUT2D eigenvalue weighted by Crippen LogP contribution is -2.25. The van der Waals surface area contributed by atoms with Crippen molar-refractivity contribution in [3.8, 4) is 17.2 Å². The molecular formula is C19H24N2O4. The van der Waals surface area contributed by atoms with Crippen LogP contribution < -0.4 is 14.2 Å². The molecule has 1 fully saturated rings. The Morgan fingerprint density at radius 3 is 2.72 bits per heavy atom. The van der Waals surface area contributed by atoms with Gasteiger partial charge in [0.15, 0.2) is 11.5 Å². The summed E-state index contributed by atoms with van der Waals surface area (Å²) in [7, 11) is 4.88. The van der Waals surface area contributed by atoms with Crippen LogP contribution in [0.4, 0.5) is 0 Å². The van der Waals surface area contributed by atoms with E-state index in [9.17, 15) is 5.11 Å². The zero-order valence-corrected chi connectivity index (χ0v) is 14.8. The Morgan fingerprint density at radius 2 is 2.00 bits per heavy atom. The monoisotopic (exact) mass is 344 g/mol. The van der Waals surface area contributed by atoms with Crippen LogP contribution in [-0.4, -0.2) is 49.0 Å². The van der Waals surface area contributed by atoms with E-state index in [1.165, 1.54) is 0 Å². The van der Waals surface area contributed by atoms with Crippen LogP contribution in [0.2, 0.25) is 0 Å². The van der Waals surface area contributed by atoms with Crippen LogP contribution in [0.5, 0.6) is 17.2 Å². The summed E-state index contributed by atoms with van der Waals surface area (Å²) in [6.07, 6.45) is 2.02. The van der Waals surface area contributed by atoms with E-state index in [1.807, 2.05) is 18.2 Å². The second-order valence-corrected chi connectivity index (χ2v) is 6.10. The number of aromatic nitrogens is 1. The summed E-state index contributed by atoms with van der Waals surface area (Å²) >= 11 is 0. The molecule has 6 nitrogen and oxygen atoms in total. The molecule has 0 saturated carbocycles. The van der Waals surface area contributed by atoms with E-state index >= 15 is 0 Å². The number of benzene rings is 1. The molecule has 2 aromatic rings. The van der Waals surface area contributed by atoms with Gasteiger partial charge in [-0.15, -0.1) is 0 Å². The van der Waals surface area contributed by atoms with Crippen molar-refractivity contribution in [3.05, 3.63) is 47.8 Å². The summed E-state index contributed by atoms with van der Waals surface area (Å²) in [4.78, 5) is 6.67. The van der Waals surface area contributed by atoms with Gasteiger partial charge < -0.3 is 19.3 Å². The molecule has 0 bridgehead atoms. The maximum atomic E-state index is 10.2. The number of aliphatic hydroxyl groups is 1. The third kappa shape index (κ3) is 3.70. The molecule has 1 aromatic heterocycles. The molecule has 0 spiro atoms. The maximum Gasteiger partial charge on any atom is 0.183 e. The topological polar surface area (TPSA) is 64.1 Å². The quantitative estimate of drug-likeness (QED) is 0.868. The van der Waals surface area contributed by atoms with Gasteiger partial charge in [-0.3, -0.25) is 9.88 Å². The minimum absolute atomic E-state index is 0.0998. The fraction of sp³-hybridized carbons (Fsp3) is 0.421. The summed E-state index contributed by atoms with van der Waals surface area (Å²) in [6, 6.07) is 9.86. The van der Waals surface area contributed by atoms with Crippen molar-refractivity contribution in [1.29, 1.82) is 0 Å². The van der Waals surface area contributed by atoms with Crippen LogP contribution in [-0.2, 0) is 6.54 Å². The molecule has 1 aliphatic rings. The first-order chi connectivity index (χ1) is 12.2. The lowest BCUT2D eigenvalue weighted by molar-refractivity contribution is 0.171. The van der Waals surface area contributed by atoms with Gasteiger partial charge in [0.25, 0.3) is 0 Å². The normalized spacial score (nSPS) is 20.5. The van der Waals surface area contributed by atoms with Gasteiger partial charge in [0.1, 0.15) is 11.4 Å². The number of methoxy groups -OCH3 is 3. The zero-order valence-electron chi connectivity index (χ0n) is 14.8. The van der Waals surface area contributed by atoms with Crippen LogP contribution in [0, 0.1) is 0 Å². The number of hydrogen-bond donors (Lipinski definition) is 1. The van der Waals surface area contributed by atoms with Gasteiger partial charge in [-0.25, -0.2) is 0 Å². The fourth-order valence-electron chi connectivity index (χ4n) is 3.41. The molecule has 1 N–H and O–H groups in total. The first-order valence-electron chi connectivity index (χ1n) is 8.28. The summed E-state index contributed by atoms with van der Waals surface area (Å²) in [5.74, 6) is 2.11. The maximum absolute atomic E-state index is 10.2.